The van der Waals surface area contributed by atoms with Crippen molar-refractivity contribution < 1.29 is 9.53 Å². The van der Waals surface area contributed by atoms with Gasteiger partial charge in [-0.25, -0.2) is 0 Å². The SMILES string of the molecule is CCOc1ccc(C)cc1C(=O)c1ccc(Br)cc1. The summed E-state index contributed by atoms with van der Waals surface area (Å²) in [6, 6.07) is 13.0. The number of carbonyl (C=O) groups excluding carboxylic acids is 1. The van der Waals surface area contributed by atoms with Crippen molar-refractivity contribution in [2.24, 2.45) is 0 Å². The molecule has 0 aliphatic rings. The van der Waals surface area contributed by atoms with Crippen molar-refractivity contribution in [3.63, 3.8) is 0 Å². The zero-order valence-corrected chi connectivity index (χ0v) is 12.5. The number of aryl methyl sites for hydroxylation is 1. The van der Waals surface area contributed by atoms with E-state index in [0.29, 0.717) is 23.5 Å². The van der Waals surface area contributed by atoms with Gasteiger partial charge >= 0.3 is 0 Å². The maximum absolute atomic E-state index is 12.5. The van der Waals surface area contributed by atoms with E-state index in [-0.39, 0.29) is 5.78 Å². The molecule has 0 aliphatic heterocycles. The normalized spacial score (nSPS) is 10.3. The Labute approximate surface area is 121 Å². The summed E-state index contributed by atoms with van der Waals surface area (Å²) in [5.74, 6) is 0.626. The highest BCUT2D eigenvalue weighted by Crippen LogP contribution is 2.24. The number of halogens is 1. The molecule has 0 amide bonds. The van der Waals surface area contributed by atoms with Crippen molar-refractivity contribution in [3.05, 3.63) is 63.6 Å². The molecule has 2 rings (SSSR count). The molecule has 0 aliphatic carbocycles. The van der Waals surface area contributed by atoms with Crippen LogP contribution in [0.25, 0.3) is 0 Å². The summed E-state index contributed by atoms with van der Waals surface area (Å²) in [6.45, 7) is 4.42. The molecule has 2 aromatic carbocycles. The topological polar surface area (TPSA) is 26.3 Å². The lowest BCUT2D eigenvalue weighted by Gasteiger charge is -2.10. The van der Waals surface area contributed by atoms with Gasteiger partial charge in [-0.05, 0) is 50.2 Å². The highest BCUT2D eigenvalue weighted by Gasteiger charge is 2.14. The monoisotopic (exact) mass is 318 g/mol. The number of ether oxygens (including phenoxy) is 1. The lowest BCUT2D eigenvalue weighted by Crippen LogP contribution is -2.05. The first-order valence-corrected chi connectivity index (χ1v) is 6.95. The summed E-state index contributed by atoms with van der Waals surface area (Å²) in [7, 11) is 0. The molecule has 0 aromatic heterocycles. The van der Waals surface area contributed by atoms with Crippen molar-refractivity contribution in [1.82, 2.24) is 0 Å². The van der Waals surface area contributed by atoms with E-state index in [0.717, 1.165) is 10.0 Å². The van der Waals surface area contributed by atoms with Gasteiger partial charge < -0.3 is 4.74 Å². The molecule has 98 valence electrons. The summed E-state index contributed by atoms with van der Waals surface area (Å²) in [6.07, 6.45) is 0. The third-order valence-corrected chi connectivity index (χ3v) is 3.31. The summed E-state index contributed by atoms with van der Waals surface area (Å²) >= 11 is 3.37. The third-order valence-electron chi connectivity index (χ3n) is 2.79. The van der Waals surface area contributed by atoms with Gasteiger partial charge in [0.25, 0.3) is 0 Å². The van der Waals surface area contributed by atoms with Gasteiger partial charge in [0.15, 0.2) is 5.78 Å². The Morgan fingerprint density at radius 1 is 1.16 bits per heavy atom. The van der Waals surface area contributed by atoms with E-state index in [2.05, 4.69) is 15.9 Å². The molecule has 0 unspecified atom stereocenters. The standard InChI is InChI=1S/C16H15BrO2/c1-3-19-15-9-4-11(2)10-14(15)16(18)12-5-7-13(17)8-6-12/h4-10H,3H2,1-2H3. The maximum Gasteiger partial charge on any atom is 0.196 e. The molecule has 2 nitrogen and oxygen atoms in total. The fraction of sp³-hybridized carbons (Fsp3) is 0.188. The molecule has 0 saturated heterocycles. The van der Waals surface area contributed by atoms with Crippen molar-refractivity contribution in [2.75, 3.05) is 6.61 Å². The third kappa shape index (κ3) is 3.24. The Kier molecular flexibility index (Phi) is 4.38. The van der Waals surface area contributed by atoms with E-state index >= 15 is 0 Å². The van der Waals surface area contributed by atoms with Crippen molar-refractivity contribution >= 4 is 21.7 Å². The molecule has 3 heteroatoms. The van der Waals surface area contributed by atoms with Crippen LogP contribution in [0.15, 0.2) is 46.9 Å². The molecule has 0 bridgehead atoms. The van der Waals surface area contributed by atoms with Crippen molar-refractivity contribution in [3.8, 4) is 5.75 Å². The molecule has 0 spiro atoms. The van der Waals surface area contributed by atoms with Gasteiger partial charge in [0.2, 0.25) is 0 Å². The Balaban J connectivity index is 2.42. The zero-order chi connectivity index (χ0) is 13.8. The van der Waals surface area contributed by atoms with Crippen LogP contribution in [0, 0.1) is 6.92 Å². The van der Waals surface area contributed by atoms with Crippen LogP contribution >= 0.6 is 15.9 Å². The predicted molar refractivity (Wildman–Crippen MR) is 79.9 cm³/mol. The first kappa shape index (κ1) is 13.8. The molecule has 0 fully saturated rings. The van der Waals surface area contributed by atoms with Gasteiger partial charge in [0.05, 0.1) is 12.2 Å². The predicted octanol–water partition coefficient (Wildman–Crippen LogP) is 4.39. The van der Waals surface area contributed by atoms with Crippen LogP contribution in [-0.4, -0.2) is 12.4 Å². The average Bonchev–Trinajstić information content (AvgIpc) is 2.41. The van der Waals surface area contributed by atoms with Crippen molar-refractivity contribution in [2.45, 2.75) is 13.8 Å². The largest absolute Gasteiger partial charge is 0.493 e. The van der Waals surface area contributed by atoms with Gasteiger partial charge in [-0.3, -0.25) is 4.79 Å². The molecule has 0 saturated carbocycles. The maximum atomic E-state index is 12.5. The van der Waals surface area contributed by atoms with Crippen LogP contribution in [0.3, 0.4) is 0 Å². The minimum Gasteiger partial charge on any atom is -0.493 e. The van der Waals surface area contributed by atoms with Crippen molar-refractivity contribution in [1.29, 1.82) is 0 Å². The molecular weight excluding hydrogens is 304 g/mol. The van der Waals surface area contributed by atoms with Gasteiger partial charge in [0, 0.05) is 10.0 Å². The van der Waals surface area contributed by atoms with Crippen LogP contribution < -0.4 is 4.74 Å². The number of hydrogen-bond acceptors (Lipinski definition) is 2. The smallest absolute Gasteiger partial charge is 0.196 e. The summed E-state index contributed by atoms with van der Waals surface area (Å²) < 4.78 is 6.49. The number of carbonyl (C=O) groups is 1. The molecular formula is C16H15BrO2. The van der Waals surface area contributed by atoms with Gasteiger partial charge in [0.1, 0.15) is 5.75 Å². The second-order valence-corrected chi connectivity index (χ2v) is 5.18. The molecule has 0 heterocycles. The highest BCUT2D eigenvalue weighted by molar-refractivity contribution is 9.10. The Hall–Kier alpha value is -1.61. The van der Waals surface area contributed by atoms with Crippen LogP contribution in [0.2, 0.25) is 0 Å². The molecule has 0 atom stereocenters. The lowest BCUT2D eigenvalue weighted by atomic mass is 10.0. The quantitative estimate of drug-likeness (QED) is 0.782. The summed E-state index contributed by atoms with van der Waals surface area (Å²) in [5.41, 5.74) is 2.32. The zero-order valence-electron chi connectivity index (χ0n) is 10.9. The van der Waals surface area contributed by atoms with Crippen LogP contribution in [0.5, 0.6) is 5.75 Å². The second-order valence-electron chi connectivity index (χ2n) is 4.27. The van der Waals surface area contributed by atoms with E-state index in [9.17, 15) is 4.79 Å². The number of rotatable bonds is 4. The molecule has 19 heavy (non-hydrogen) atoms. The minimum absolute atomic E-state index is 0.0142. The number of ketones is 1. The van der Waals surface area contributed by atoms with E-state index in [1.807, 2.05) is 56.3 Å². The first-order valence-electron chi connectivity index (χ1n) is 6.15. The minimum atomic E-state index is -0.0142. The van der Waals surface area contributed by atoms with Gasteiger partial charge in [-0.2, -0.15) is 0 Å². The van der Waals surface area contributed by atoms with Crippen LogP contribution in [0.1, 0.15) is 28.4 Å². The van der Waals surface area contributed by atoms with Gasteiger partial charge in [-0.15, -0.1) is 0 Å². The fourth-order valence-corrected chi connectivity index (χ4v) is 2.12. The van der Waals surface area contributed by atoms with E-state index < -0.39 is 0 Å². The Morgan fingerprint density at radius 2 is 1.84 bits per heavy atom. The lowest BCUT2D eigenvalue weighted by molar-refractivity contribution is 0.103. The van der Waals surface area contributed by atoms with Crippen LogP contribution in [-0.2, 0) is 0 Å². The molecule has 0 N–H and O–H groups in total. The second kappa shape index (κ2) is 6.02. The van der Waals surface area contributed by atoms with Crippen LogP contribution in [0.4, 0.5) is 0 Å². The first-order chi connectivity index (χ1) is 9.11. The highest BCUT2D eigenvalue weighted by atomic mass is 79.9. The molecule has 0 radical (unpaired) electrons. The summed E-state index contributed by atoms with van der Waals surface area (Å²) in [4.78, 5) is 12.5. The Bertz CT molecular complexity index is 588. The van der Waals surface area contributed by atoms with Gasteiger partial charge in [-0.1, -0.05) is 27.6 Å². The molecule has 2 aromatic rings. The number of benzene rings is 2. The number of hydrogen-bond donors (Lipinski definition) is 0. The van der Waals surface area contributed by atoms with E-state index in [1.54, 1.807) is 0 Å². The summed E-state index contributed by atoms with van der Waals surface area (Å²) in [5, 5.41) is 0. The Morgan fingerprint density at radius 3 is 2.47 bits per heavy atom. The average molecular weight is 319 g/mol. The fourth-order valence-electron chi connectivity index (χ4n) is 1.86. The van der Waals surface area contributed by atoms with E-state index in [4.69, 9.17) is 4.74 Å². The van der Waals surface area contributed by atoms with E-state index in [1.165, 1.54) is 0 Å².